The lowest BCUT2D eigenvalue weighted by Crippen LogP contribution is -2.37. The van der Waals surface area contributed by atoms with Gasteiger partial charge in [0.25, 0.3) is 0 Å². The van der Waals surface area contributed by atoms with Crippen LogP contribution in [0.5, 0.6) is 0 Å². The lowest BCUT2D eigenvalue weighted by molar-refractivity contribution is -0.0114. The van der Waals surface area contributed by atoms with Crippen molar-refractivity contribution < 1.29 is 4.74 Å². The Hall–Kier alpha value is -0.500. The van der Waals surface area contributed by atoms with Crippen LogP contribution in [0.25, 0.3) is 0 Å². The summed E-state index contributed by atoms with van der Waals surface area (Å²) in [5, 5.41) is 0. The van der Waals surface area contributed by atoms with Crippen molar-refractivity contribution in [2.45, 2.75) is 59.6 Å². The van der Waals surface area contributed by atoms with Crippen molar-refractivity contribution >= 4 is 0 Å². The van der Waals surface area contributed by atoms with Crippen molar-refractivity contribution in [3.8, 4) is 0 Å². The zero-order valence-corrected chi connectivity index (χ0v) is 10.8. The first-order valence-corrected chi connectivity index (χ1v) is 6.34. The van der Waals surface area contributed by atoms with Gasteiger partial charge in [0, 0.05) is 13.1 Å². The average molecular weight is 213 g/mol. The molecule has 0 bridgehead atoms. The minimum atomic E-state index is 0.257. The highest BCUT2D eigenvalue weighted by molar-refractivity contribution is 4.73. The van der Waals surface area contributed by atoms with E-state index >= 15 is 0 Å². The van der Waals surface area contributed by atoms with E-state index in [4.69, 9.17) is 4.74 Å². The summed E-state index contributed by atoms with van der Waals surface area (Å²) < 4.78 is 5.74. The van der Waals surface area contributed by atoms with Crippen LogP contribution in [0, 0.1) is 0 Å². The van der Waals surface area contributed by atoms with Crippen molar-refractivity contribution in [2.75, 3.05) is 13.1 Å². The molecular weight excluding hydrogens is 186 g/mol. The van der Waals surface area contributed by atoms with E-state index in [1.807, 2.05) is 6.26 Å². The number of hydrogen-bond donors (Lipinski definition) is 0. The molecule has 0 aromatic heterocycles. The smallest absolute Gasteiger partial charge is 0.151 e. The monoisotopic (exact) mass is 213 g/mol. The predicted octanol–water partition coefficient (Wildman–Crippen LogP) is 3.78. The molecule has 0 spiro atoms. The van der Waals surface area contributed by atoms with Crippen molar-refractivity contribution in [3.05, 3.63) is 12.3 Å². The van der Waals surface area contributed by atoms with E-state index in [2.05, 4.69) is 38.7 Å². The molecule has 0 saturated carbocycles. The SMILES string of the molecule is CCC=COC(CC)N(CCC)CCC. The van der Waals surface area contributed by atoms with Gasteiger partial charge in [0.2, 0.25) is 0 Å². The Labute approximate surface area is 95.3 Å². The summed E-state index contributed by atoms with van der Waals surface area (Å²) in [6, 6.07) is 0. The Bertz CT molecular complexity index is 151. The Morgan fingerprint density at radius 2 is 1.67 bits per heavy atom. The zero-order valence-electron chi connectivity index (χ0n) is 10.8. The lowest BCUT2D eigenvalue weighted by Gasteiger charge is -2.29. The number of allylic oxidation sites excluding steroid dienone is 1. The van der Waals surface area contributed by atoms with Crippen molar-refractivity contribution in [3.63, 3.8) is 0 Å². The molecule has 0 saturated heterocycles. The van der Waals surface area contributed by atoms with E-state index in [1.165, 1.54) is 12.8 Å². The van der Waals surface area contributed by atoms with Gasteiger partial charge in [-0.2, -0.15) is 0 Å². The predicted molar refractivity (Wildman–Crippen MR) is 66.8 cm³/mol. The van der Waals surface area contributed by atoms with Crippen LogP contribution in [-0.4, -0.2) is 24.2 Å². The molecule has 0 rings (SSSR count). The third-order valence-corrected chi connectivity index (χ3v) is 2.35. The molecule has 0 aromatic carbocycles. The van der Waals surface area contributed by atoms with Crippen LogP contribution in [0.4, 0.5) is 0 Å². The highest BCUT2D eigenvalue weighted by atomic mass is 16.5. The first-order valence-electron chi connectivity index (χ1n) is 6.34. The maximum absolute atomic E-state index is 5.74. The topological polar surface area (TPSA) is 12.5 Å². The molecule has 15 heavy (non-hydrogen) atoms. The third-order valence-electron chi connectivity index (χ3n) is 2.35. The third kappa shape index (κ3) is 6.56. The molecule has 0 fully saturated rings. The maximum atomic E-state index is 5.74. The first kappa shape index (κ1) is 14.5. The van der Waals surface area contributed by atoms with Gasteiger partial charge in [-0.25, -0.2) is 0 Å². The van der Waals surface area contributed by atoms with E-state index in [0.29, 0.717) is 0 Å². The largest absolute Gasteiger partial charge is 0.483 e. The molecule has 2 nitrogen and oxygen atoms in total. The number of nitrogens with zero attached hydrogens (tertiary/aromatic N) is 1. The highest BCUT2D eigenvalue weighted by Gasteiger charge is 2.14. The van der Waals surface area contributed by atoms with Gasteiger partial charge in [-0.1, -0.05) is 33.8 Å². The number of hydrogen-bond acceptors (Lipinski definition) is 2. The fraction of sp³-hybridized carbons (Fsp3) is 0.846. The summed E-state index contributed by atoms with van der Waals surface area (Å²) >= 11 is 0. The Morgan fingerprint density at radius 1 is 1.07 bits per heavy atom. The van der Waals surface area contributed by atoms with Crippen molar-refractivity contribution in [1.82, 2.24) is 4.90 Å². The van der Waals surface area contributed by atoms with Gasteiger partial charge in [-0.05, 0) is 25.7 Å². The van der Waals surface area contributed by atoms with Crippen LogP contribution in [0.1, 0.15) is 53.4 Å². The molecule has 0 heterocycles. The van der Waals surface area contributed by atoms with E-state index in [1.54, 1.807) is 0 Å². The second kappa shape index (κ2) is 10.0. The Balaban J connectivity index is 4.10. The van der Waals surface area contributed by atoms with E-state index in [-0.39, 0.29) is 6.23 Å². The summed E-state index contributed by atoms with van der Waals surface area (Å²) in [6.45, 7) is 11.0. The molecule has 0 N–H and O–H groups in total. The molecule has 2 heteroatoms. The van der Waals surface area contributed by atoms with Crippen LogP contribution in [0.3, 0.4) is 0 Å². The van der Waals surface area contributed by atoms with E-state index in [0.717, 1.165) is 25.9 Å². The molecular formula is C13H27NO. The Kier molecular flexibility index (Phi) is 9.70. The van der Waals surface area contributed by atoms with Crippen molar-refractivity contribution in [1.29, 1.82) is 0 Å². The fourth-order valence-corrected chi connectivity index (χ4v) is 1.66. The van der Waals surface area contributed by atoms with Gasteiger partial charge in [-0.15, -0.1) is 0 Å². The standard InChI is InChI=1S/C13H27NO/c1-5-9-12-15-13(8-4)14(10-6-2)11-7-3/h9,12-13H,5-8,10-11H2,1-4H3. The zero-order chi connectivity index (χ0) is 11.5. The number of ether oxygens (including phenoxy) is 1. The lowest BCUT2D eigenvalue weighted by atomic mass is 10.3. The van der Waals surface area contributed by atoms with Crippen LogP contribution in [0.2, 0.25) is 0 Å². The second-order valence-electron chi connectivity index (χ2n) is 3.81. The molecule has 0 aromatic rings. The summed E-state index contributed by atoms with van der Waals surface area (Å²) in [4.78, 5) is 2.43. The highest BCUT2D eigenvalue weighted by Crippen LogP contribution is 2.08. The van der Waals surface area contributed by atoms with Crippen LogP contribution >= 0.6 is 0 Å². The molecule has 0 radical (unpaired) electrons. The van der Waals surface area contributed by atoms with Gasteiger partial charge in [0.05, 0.1) is 6.26 Å². The van der Waals surface area contributed by atoms with Gasteiger partial charge in [0.15, 0.2) is 6.23 Å². The fourth-order valence-electron chi connectivity index (χ4n) is 1.66. The van der Waals surface area contributed by atoms with Gasteiger partial charge in [0.1, 0.15) is 0 Å². The van der Waals surface area contributed by atoms with Crippen LogP contribution in [0.15, 0.2) is 12.3 Å². The quantitative estimate of drug-likeness (QED) is 0.427. The Morgan fingerprint density at radius 3 is 2.07 bits per heavy atom. The second-order valence-corrected chi connectivity index (χ2v) is 3.81. The molecule has 0 aliphatic rings. The number of rotatable bonds is 9. The maximum Gasteiger partial charge on any atom is 0.151 e. The first-order chi connectivity index (χ1) is 7.29. The minimum Gasteiger partial charge on any atom is -0.483 e. The molecule has 1 unspecified atom stereocenters. The molecule has 0 aliphatic heterocycles. The average Bonchev–Trinajstić information content (AvgIpc) is 2.24. The molecule has 0 amide bonds. The van der Waals surface area contributed by atoms with Gasteiger partial charge < -0.3 is 4.74 Å². The molecule has 1 atom stereocenters. The van der Waals surface area contributed by atoms with Gasteiger partial charge in [-0.3, -0.25) is 4.90 Å². The van der Waals surface area contributed by atoms with E-state index < -0.39 is 0 Å². The van der Waals surface area contributed by atoms with Gasteiger partial charge >= 0.3 is 0 Å². The van der Waals surface area contributed by atoms with E-state index in [9.17, 15) is 0 Å². The summed E-state index contributed by atoms with van der Waals surface area (Å²) in [6.07, 6.45) is 8.65. The molecule has 0 aliphatic carbocycles. The van der Waals surface area contributed by atoms with Crippen LogP contribution in [-0.2, 0) is 4.74 Å². The summed E-state index contributed by atoms with van der Waals surface area (Å²) in [5.41, 5.74) is 0. The normalized spacial score (nSPS) is 13.7. The summed E-state index contributed by atoms with van der Waals surface area (Å²) in [7, 11) is 0. The minimum absolute atomic E-state index is 0.257. The summed E-state index contributed by atoms with van der Waals surface area (Å²) in [5.74, 6) is 0. The van der Waals surface area contributed by atoms with Crippen molar-refractivity contribution in [2.24, 2.45) is 0 Å². The van der Waals surface area contributed by atoms with Crippen LogP contribution < -0.4 is 0 Å². The molecule has 90 valence electrons.